The maximum Gasteiger partial charge on any atom is 0.0407 e. The zero-order valence-corrected chi connectivity index (χ0v) is 11.1. The van der Waals surface area contributed by atoms with Crippen molar-refractivity contribution in [2.75, 3.05) is 0 Å². The molecule has 0 N–H and O–H groups in total. The molecule has 0 amide bonds. The molecule has 0 spiro atoms. The fourth-order valence-electron chi connectivity index (χ4n) is 1.35. The first-order chi connectivity index (χ1) is 6.24. The SMILES string of the molecule is CCc1cc2sccc2c(Br)c1Br. The van der Waals surface area contributed by atoms with Crippen molar-refractivity contribution >= 4 is 53.3 Å². The van der Waals surface area contributed by atoms with Crippen molar-refractivity contribution in [3.8, 4) is 0 Å². The lowest BCUT2D eigenvalue weighted by molar-refractivity contribution is 1.13. The highest BCUT2D eigenvalue weighted by atomic mass is 79.9. The van der Waals surface area contributed by atoms with Crippen LogP contribution in [-0.4, -0.2) is 0 Å². The normalized spacial score (nSPS) is 11.0. The zero-order chi connectivity index (χ0) is 9.42. The standard InChI is InChI=1S/C10H8Br2S/c1-2-6-5-8-7(3-4-13-8)10(12)9(6)11/h3-5H,2H2,1H3. The van der Waals surface area contributed by atoms with Crippen molar-refractivity contribution in [2.45, 2.75) is 13.3 Å². The van der Waals surface area contributed by atoms with Gasteiger partial charge in [-0.1, -0.05) is 6.92 Å². The van der Waals surface area contributed by atoms with Crippen LogP contribution in [0.5, 0.6) is 0 Å². The van der Waals surface area contributed by atoms with E-state index in [2.05, 4.69) is 56.3 Å². The molecular formula is C10H8Br2S. The minimum absolute atomic E-state index is 1.06. The van der Waals surface area contributed by atoms with Gasteiger partial charge in [-0.2, -0.15) is 0 Å². The lowest BCUT2D eigenvalue weighted by Crippen LogP contribution is -1.83. The van der Waals surface area contributed by atoms with Gasteiger partial charge in [0.15, 0.2) is 0 Å². The lowest BCUT2D eigenvalue weighted by atomic mass is 10.1. The van der Waals surface area contributed by atoms with Crippen LogP contribution in [0, 0.1) is 0 Å². The van der Waals surface area contributed by atoms with Crippen molar-refractivity contribution in [3.05, 3.63) is 32.0 Å². The molecule has 0 radical (unpaired) electrons. The number of halogens is 2. The summed E-state index contributed by atoms with van der Waals surface area (Å²) in [7, 11) is 0. The molecule has 1 heterocycles. The summed E-state index contributed by atoms with van der Waals surface area (Å²) >= 11 is 9.00. The number of fused-ring (bicyclic) bond motifs is 1. The Bertz CT molecular complexity index is 445. The van der Waals surface area contributed by atoms with Gasteiger partial charge >= 0.3 is 0 Å². The molecule has 0 saturated carbocycles. The Morgan fingerprint density at radius 3 is 2.77 bits per heavy atom. The highest BCUT2D eigenvalue weighted by Gasteiger charge is 2.08. The Balaban J connectivity index is 2.83. The van der Waals surface area contributed by atoms with Crippen LogP contribution < -0.4 is 0 Å². The van der Waals surface area contributed by atoms with Crippen LogP contribution in [0.25, 0.3) is 10.1 Å². The zero-order valence-electron chi connectivity index (χ0n) is 7.10. The fourth-order valence-corrected chi connectivity index (χ4v) is 3.55. The monoisotopic (exact) mass is 318 g/mol. The Morgan fingerprint density at radius 2 is 2.08 bits per heavy atom. The molecule has 1 aromatic carbocycles. The summed E-state index contributed by atoms with van der Waals surface area (Å²) in [6.45, 7) is 2.17. The maximum absolute atomic E-state index is 3.61. The number of rotatable bonds is 1. The van der Waals surface area contributed by atoms with Gasteiger partial charge in [-0.15, -0.1) is 11.3 Å². The van der Waals surface area contributed by atoms with E-state index in [1.54, 1.807) is 11.3 Å². The Kier molecular flexibility index (Phi) is 2.77. The second kappa shape index (κ2) is 3.71. The third-order valence-corrected chi connectivity index (χ3v) is 5.22. The molecule has 0 fully saturated rings. The molecule has 0 unspecified atom stereocenters. The van der Waals surface area contributed by atoms with E-state index < -0.39 is 0 Å². The van der Waals surface area contributed by atoms with E-state index in [0.717, 1.165) is 6.42 Å². The first-order valence-corrected chi connectivity index (χ1v) is 6.54. The van der Waals surface area contributed by atoms with Gasteiger partial charge in [0.25, 0.3) is 0 Å². The molecule has 0 aliphatic carbocycles. The van der Waals surface area contributed by atoms with Crippen LogP contribution in [0.15, 0.2) is 26.5 Å². The van der Waals surface area contributed by atoms with Crippen LogP contribution in [0.4, 0.5) is 0 Å². The summed E-state index contributed by atoms with van der Waals surface area (Å²) < 4.78 is 3.73. The lowest BCUT2D eigenvalue weighted by Gasteiger charge is -2.04. The van der Waals surface area contributed by atoms with Crippen LogP contribution in [0.1, 0.15) is 12.5 Å². The molecular weight excluding hydrogens is 312 g/mol. The quantitative estimate of drug-likeness (QED) is 0.694. The van der Waals surface area contributed by atoms with E-state index in [1.807, 2.05) is 0 Å². The van der Waals surface area contributed by atoms with Crippen LogP contribution >= 0.6 is 43.2 Å². The maximum atomic E-state index is 3.61. The van der Waals surface area contributed by atoms with Gasteiger partial charge in [-0.25, -0.2) is 0 Å². The van der Waals surface area contributed by atoms with Gasteiger partial charge in [0.05, 0.1) is 0 Å². The third kappa shape index (κ3) is 1.58. The number of thiophene rings is 1. The largest absolute Gasteiger partial charge is 0.144 e. The molecule has 0 aliphatic rings. The predicted octanol–water partition coefficient (Wildman–Crippen LogP) is 4.99. The van der Waals surface area contributed by atoms with E-state index in [-0.39, 0.29) is 0 Å². The molecule has 13 heavy (non-hydrogen) atoms. The van der Waals surface area contributed by atoms with Gasteiger partial charge in [0, 0.05) is 19.0 Å². The van der Waals surface area contributed by atoms with Crippen molar-refractivity contribution < 1.29 is 0 Å². The fraction of sp³-hybridized carbons (Fsp3) is 0.200. The summed E-state index contributed by atoms with van der Waals surface area (Å²) in [4.78, 5) is 0. The van der Waals surface area contributed by atoms with Crippen molar-refractivity contribution in [3.63, 3.8) is 0 Å². The third-order valence-electron chi connectivity index (χ3n) is 2.09. The van der Waals surface area contributed by atoms with Crippen LogP contribution in [0.3, 0.4) is 0 Å². The summed E-state index contributed by atoms with van der Waals surface area (Å²) in [6, 6.07) is 4.41. The first kappa shape index (κ1) is 9.69. The number of aryl methyl sites for hydroxylation is 1. The average Bonchev–Trinajstić information content (AvgIpc) is 2.59. The van der Waals surface area contributed by atoms with Gasteiger partial charge in [-0.05, 0) is 61.4 Å². The molecule has 0 atom stereocenters. The second-order valence-corrected chi connectivity index (χ2v) is 5.38. The Hall–Kier alpha value is 0.140. The van der Waals surface area contributed by atoms with Crippen LogP contribution in [0.2, 0.25) is 0 Å². The minimum Gasteiger partial charge on any atom is -0.144 e. The van der Waals surface area contributed by atoms with E-state index in [0.29, 0.717) is 0 Å². The molecule has 0 aliphatic heterocycles. The van der Waals surface area contributed by atoms with Gasteiger partial charge in [0.2, 0.25) is 0 Å². The van der Waals surface area contributed by atoms with E-state index in [9.17, 15) is 0 Å². The molecule has 1 aromatic heterocycles. The molecule has 0 bridgehead atoms. The van der Waals surface area contributed by atoms with Crippen molar-refractivity contribution in [1.29, 1.82) is 0 Å². The Morgan fingerprint density at radius 1 is 1.31 bits per heavy atom. The smallest absolute Gasteiger partial charge is 0.0407 e. The summed E-state index contributed by atoms with van der Waals surface area (Å²) in [5.74, 6) is 0. The van der Waals surface area contributed by atoms with Crippen molar-refractivity contribution in [1.82, 2.24) is 0 Å². The van der Waals surface area contributed by atoms with Crippen molar-refractivity contribution in [2.24, 2.45) is 0 Å². The molecule has 0 nitrogen and oxygen atoms in total. The van der Waals surface area contributed by atoms with Gasteiger partial charge in [0.1, 0.15) is 0 Å². The van der Waals surface area contributed by atoms with Crippen LogP contribution in [-0.2, 0) is 6.42 Å². The van der Waals surface area contributed by atoms with E-state index >= 15 is 0 Å². The molecule has 0 saturated heterocycles. The second-order valence-electron chi connectivity index (χ2n) is 2.85. The van der Waals surface area contributed by atoms with Gasteiger partial charge < -0.3 is 0 Å². The van der Waals surface area contributed by atoms with E-state index in [1.165, 1.54) is 24.6 Å². The highest BCUT2D eigenvalue weighted by Crippen LogP contribution is 2.37. The van der Waals surface area contributed by atoms with E-state index in [4.69, 9.17) is 0 Å². The number of hydrogen-bond donors (Lipinski definition) is 0. The number of hydrogen-bond acceptors (Lipinski definition) is 1. The molecule has 2 rings (SSSR count). The average molecular weight is 320 g/mol. The predicted molar refractivity (Wildman–Crippen MR) is 66.6 cm³/mol. The van der Waals surface area contributed by atoms with Gasteiger partial charge in [-0.3, -0.25) is 0 Å². The summed E-state index contributed by atoms with van der Waals surface area (Å²) in [5.41, 5.74) is 1.36. The first-order valence-electron chi connectivity index (χ1n) is 4.08. The molecule has 68 valence electrons. The molecule has 2 aromatic rings. The Labute approximate surface area is 98.2 Å². The summed E-state index contributed by atoms with van der Waals surface area (Å²) in [6.07, 6.45) is 1.06. The summed E-state index contributed by atoms with van der Waals surface area (Å²) in [5, 5.41) is 3.43. The minimum atomic E-state index is 1.06. The topological polar surface area (TPSA) is 0 Å². The molecule has 3 heteroatoms. The number of benzene rings is 1. The highest BCUT2D eigenvalue weighted by molar-refractivity contribution is 9.13.